The van der Waals surface area contributed by atoms with E-state index in [0.717, 1.165) is 43.9 Å². The number of hydrogen-bond acceptors (Lipinski definition) is 3. The van der Waals surface area contributed by atoms with Crippen LogP contribution in [-0.4, -0.2) is 22.8 Å². The van der Waals surface area contributed by atoms with Crippen LogP contribution in [0.3, 0.4) is 0 Å². The van der Waals surface area contributed by atoms with Gasteiger partial charge in [0.05, 0.1) is 6.10 Å². The highest BCUT2D eigenvalue weighted by Crippen LogP contribution is 2.69. The van der Waals surface area contributed by atoms with Gasteiger partial charge in [-0.1, -0.05) is 25.5 Å². The molecule has 3 heteroatoms. The van der Waals surface area contributed by atoms with Gasteiger partial charge in [0.2, 0.25) is 0 Å². The lowest BCUT2D eigenvalue weighted by Crippen LogP contribution is -2.54. The molecule has 5 aliphatic rings. The van der Waals surface area contributed by atoms with Gasteiger partial charge < -0.3 is 9.84 Å². The third-order valence-electron chi connectivity index (χ3n) is 9.41. The minimum atomic E-state index is -0.159. The van der Waals surface area contributed by atoms with Crippen LogP contribution in [0.4, 0.5) is 0 Å². The maximum atomic E-state index is 11.9. The van der Waals surface area contributed by atoms with Crippen LogP contribution < -0.4 is 0 Å². The molecule has 0 bridgehead atoms. The normalized spacial score (nSPS) is 54.5. The summed E-state index contributed by atoms with van der Waals surface area (Å²) in [6.45, 7) is 4.91. The Morgan fingerprint density at radius 2 is 1.88 bits per heavy atom. The number of fused-ring (bicyclic) bond motifs is 6. The van der Waals surface area contributed by atoms with Gasteiger partial charge in [0, 0.05) is 11.8 Å². The van der Waals surface area contributed by atoms with Gasteiger partial charge in [-0.3, -0.25) is 4.79 Å². The average molecular weight is 344 g/mol. The fourth-order valence-corrected chi connectivity index (χ4v) is 7.94. The highest BCUT2D eigenvalue weighted by Gasteiger charge is 2.66. The number of ether oxygens (including phenoxy) is 1. The van der Waals surface area contributed by atoms with Gasteiger partial charge in [-0.25, -0.2) is 0 Å². The molecule has 1 N–H and O–H groups in total. The second kappa shape index (κ2) is 5.12. The molecule has 0 aromatic carbocycles. The molecule has 1 heterocycles. The van der Waals surface area contributed by atoms with Crippen molar-refractivity contribution in [1.29, 1.82) is 0 Å². The van der Waals surface area contributed by atoms with E-state index in [1.807, 2.05) is 0 Å². The van der Waals surface area contributed by atoms with Crippen LogP contribution in [0.5, 0.6) is 0 Å². The Hall–Kier alpha value is -0.830. The molecule has 0 radical (unpaired) electrons. The maximum absolute atomic E-state index is 11.9. The number of hydrogen-bond donors (Lipinski definition) is 1. The number of carbonyl (C=O) groups is 1. The summed E-state index contributed by atoms with van der Waals surface area (Å²) in [5.74, 6) is 2.22. The van der Waals surface area contributed by atoms with Crippen molar-refractivity contribution < 1.29 is 14.6 Å². The molecule has 138 valence electrons. The fraction of sp³-hybridized carbons (Fsp3) is 0.864. The summed E-state index contributed by atoms with van der Waals surface area (Å²) in [7, 11) is 0. The molecule has 0 aromatic heterocycles. The van der Waals surface area contributed by atoms with E-state index in [0.29, 0.717) is 17.8 Å². The van der Waals surface area contributed by atoms with Crippen LogP contribution in [0.25, 0.3) is 0 Å². The molecule has 5 rings (SSSR count). The van der Waals surface area contributed by atoms with Gasteiger partial charge in [-0.05, 0) is 81.0 Å². The SMILES string of the molecule is C[C@]12CC[C@H](O)CC1=CCC1C2CC[C@@]2(C)C1CC[C@@]21CCC(=O)O1. The Morgan fingerprint density at radius 3 is 2.64 bits per heavy atom. The number of carbonyl (C=O) groups excluding carboxylic acids is 1. The Labute approximate surface area is 151 Å². The molecule has 7 atom stereocenters. The van der Waals surface area contributed by atoms with Crippen LogP contribution in [0, 0.1) is 28.6 Å². The molecule has 4 aliphatic carbocycles. The molecule has 3 unspecified atom stereocenters. The van der Waals surface area contributed by atoms with E-state index >= 15 is 0 Å². The molecule has 25 heavy (non-hydrogen) atoms. The highest BCUT2D eigenvalue weighted by atomic mass is 16.6. The van der Waals surface area contributed by atoms with E-state index in [-0.39, 0.29) is 23.1 Å². The number of allylic oxidation sites excluding steroid dienone is 1. The lowest BCUT2D eigenvalue weighted by molar-refractivity contribution is -0.167. The van der Waals surface area contributed by atoms with Crippen molar-refractivity contribution in [3.63, 3.8) is 0 Å². The number of aliphatic hydroxyl groups excluding tert-OH is 1. The fourth-order valence-electron chi connectivity index (χ4n) is 7.94. The van der Waals surface area contributed by atoms with Crippen LogP contribution in [0.2, 0.25) is 0 Å². The van der Waals surface area contributed by atoms with Crippen molar-refractivity contribution in [1.82, 2.24) is 0 Å². The summed E-state index contributed by atoms with van der Waals surface area (Å²) >= 11 is 0. The Bertz CT molecular complexity index is 639. The first-order chi connectivity index (χ1) is 11.9. The van der Waals surface area contributed by atoms with Crippen molar-refractivity contribution >= 4 is 5.97 Å². The maximum Gasteiger partial charge on any atom is 0.306 e. The summed E-state index contributed by atoms with van der Waals surface area (Å²) < 4.78 is 6.02. The molecule has 1 spiro atoms. The number of esters is 1. The minimum absolute atomic E-state index is 0.0306. The summed E-state index contributed by atoms with van der Waals surface area (Å²) in [5.41, 5.74) is 1.85. The molecule has 3 saturated carbocycles. The second-order valence-electron chi connectivity index (χ2n) is 10.1. The molecule has 1 aliphatic heterocycles. The molecular formula is C22H32O3. The first-order valence-electron chi connectivity index (χ1n) is 10.5. The molecule has 0 amide bonds. The zero-order valence-corrected chi connectivity index (χ0v) is 15.7. The molecular weight excluding hydrogens is 312 g/mol. The minimum Gasteiger partial charge on any atom is -0.458 e. The van der Waals surface area contributed by atoms with Crippen molar-refractivity contribution in [3.05, 3.63) is 11.6 Å². The standard InChI is InChI=1S/C22H32O3/c1-20-9-5-15(23)13-14(20)3-4-16-17(20)6-10-21(2)18(16)7-11-22(21)12-8-19(24)25-22/h3,15-18,23H,4-13H2,1-2H3/t15-,16?,17?,18?,20-,21-,22+/m0/s1. The van der Waals surface area contributed by atoms with Gasteiger partial charge in [0.1, 0.15) is 5.60 Å². The third-order valence-corrected chi connectivity index (χ3v) is 9.41. The van der Waals surface area contributed by atoms with Crippen LogP contribution in [0.15, 0.2) is 11.6 Å². The zero-order chi connectivity index (χ0) is 17.4. The van der Waals surface area contributed by atoms with Crippen molar-refractivity contribution in [2.24, 2.45) is 28.6 Å². The predicted octanol–water partition coefficient (Wildman–Crippen LogP) is 4.39. The summed E-state index contributed by atoms with van der Waals surface area (Å²) in [6, 6.07) is 0. The first kappa shape index (κ1) is 16.4. The van der Waals surface area contributed by atoms with Crippen LogP contribution in [0.1, 0.15) is 78.1 Å². The molecule has 4 fully saturated rings. The predicted molar refractivity (Wildman–Crippen MR) is 95.8 cm³/mol. The van der Waals surface area contributed by atoms with E-state index in [2.05, 4.69) is 19.9 Å². The van der Waals surface area contributed by atoms with Gasteiger partial charge in [0.15, 0.2) is 0 Å². The van der Waals surface area contributed by atoms with E-state index < -0.39 is 0 Å². The highest BCUT2D eigenvalue weighted by molar-refractivity contribution is 5.72. The van der Waals surface area contributed by atoms with E-state index in [4.69, 9.17) is 4.74 Å². The van der Waals surface area contributed by atoms with Crippen LogP contribution >= 0.6 is 0 Å². The number of rotatable bonds is 0. The Morgan fingerprint density at radius 1 is 1.08 bits per heavy atom. The van der Waals surface area contributed by atoms with E-state index in [1.165, 1.54) is 31.3 Å². The van der Waals surface area contributed by atoms with Gasteiger partial charge >= 0.3 is 5.97 Å². The lowest BCUT2D eigenvalue weighted by Gasteiger charge is -2.59. The van der Waals surface area contributed by atoms with Gasteiger partial charge in [0.25, 0.3) is 0 Å². The molecule has 3 nitrogen and oxygen atoms in total. The number of aliphatic hydroxyl groups is 1. The summed E-state index contributed by atoms with van der Waals surface area (Å²) in [5, 5.41) is 10.1. The summed E-state index contributed by atoms with van der Waals surface area (Å²) in [6.07, 6.45) is 12.9. The van der Waals surface area contributed by atoms with Crippen molar-refractivity contribution in [2.45, 2.75) is 89.8 Å². The van der Waals surface area contributed by atoms with E-state index in [1.54, 1.807) is 0 Å². The quantitative estimate of drug-likeness (QED) is 0.524. The molecule has 1 saturated heterocycles. The van der Waals surface area contributed by atoms with Crippen LogP contribution in [-0.2, 0) is 9.53 Å². The van der Waals surface area contributed by atoms with E-state index in [9.17, 15) is 9.90 Å². The molecule has 0 aromatic rings. The average Bonchev–Trinajstić information content (AvgIpc) is 3.10. The first-order valence-corrected chi connectivity index (χ1v) is 10.5. The monoisotopic (exact) mass is 344 g/mol. The summed E-state index contributed by atoms with van der Waals surface area (Å²) in [4.78, 5) is 11.9. The third kappa shape index (κ3) is 1.99. The largest absolute Gasteiger partial charge is 0.458 e. The second-order valence-corrected chi connectivity index (χ2v) is 10.1. The lowest BCUT2D eigenvalue weighted by atomic mass is 9.47. The van der Waals surface area contributed by atoms with Gasteiger partial charge in [-0.2, -0.15) is 0 Å². The Balaban J connectivity index is 1.49. The van der Waals surface area contributed by atoms with Crippen molar-refractivity contribution in [2.75, 3.05) is 0 Å². The van der Waals surface area contributed by atoms with Gasteiger partial charge in [-0.15, -0.1) is 0 Å². The zero-order valence-electron chi connectivity index (χ0n) is 15.7. The van der Waals surface area contributed by atoms with Crippen molar-refractivity contribution in [3.8, 4) is 0 Å². The Kier molecular flexibility index (Phi) is 3.35. The topological polar surface area (TPSA) is 46.5 Å². The smallest absolute Gasteiger partial charge is 0.306 e.